The molecule has 0 radical (unpaired) electrons. The predicted molar refractivity (Wildman–Crippen MR) is 62.8 cm³/mol. The van der Waals surface area contributed by atoms with Gasteiger partial charge in [0.1, 0.15) is 0 Å². The molecular weight excluding hydrogens is 182 g/mol. The Balaban J connectivity index is 1.96. The molecule has 0 fully saturated rings. The fraction of sp³-hybridized carbons (Fsp3) is 0.214. The summed E-state index contributed by atoms with van der Waals surface area (Å²) < 4.78 is 0. The molecule has 76 valence electrons. The summed E-state index contributed by atoms with van der Waals surface area (Å²) in [5.41, 5.74) is 3.77. The summed E-state index contributed by atoms with van der Waals surface area (Å²) in [6, 6.07) is 14.8. The van der Waals surface area contributed by atoms with Gasteiger partial charge in [-0.25, -0.2) is 0 Å². The minimum absolute atomic E-state index is 1.02. The molecule has 1 heterocycles. The second-order valence-electron chi connectivity index (χ2n) is 3.81. The van der Waals surface area contributed by atoms with E-state index in [1.807, 2.05) is 12.3 Å². The summed E-state index contributed by atoms with van der Waals surface area (Å²) in [5.74, 6) is 0. The van der Waals surface area contributed by atoms with Crippen LogP contribution in [-0.2, 0) is 12.8 Å². The van der Waals surface area contributed by atoms with E-state index in [1.165, 1.54) is 16.8 Å². The van der Waals surface area contributed by atoms with E-state index in [9.17, 15) is 0 Å². The van der Waals surface area contributed by atoms with Crippen molar-refractivity contribution in [3.8, 4) is 0 Å². The van der Waals surface area contributed by atoms with Crippen LogP contribution in [-0.4, -0.2) is 4.98 Å². The molecule has 0 unspecified atom stereocenters. The highest BCUT2D eigenvalue weighted by atomic mass is 14.7. The van der Waals surface area contributed by atoms with Crippen LogP contribution in [0.25, 0.3) is 0 Å². The number of aromatic nitrogens is 1. The first-order valence-corrected chi connectivity index (χ1v) is 5.30. The molecule has 1 aromatic carbocycles. The summed E-state index contributed by atoms with van der Waals surface area (Å²) in [6.07, 6.45) is 4.02. The molecule has 1 nitrogen and oxygen atoms in total. The third-order valence-electron chi connectivity index (χ3n) is 2.49. The standard InChI is InChI=1S/C14H15N/c1-12-7-9-14(15-11-12)10-8-13-5-3-2-4-6-13/h2-7,9,11H,8,10H2,1H3. The topological polar surface area (TPSA) is 12.9 Å². The van der Waals surface area contributed by atoms with E-state index in [2.05, 4.69) is 48.3 Å². The van der Waals surface area contributed by atoms with Crippen molar-refractivity contribution in [3.63, 3.8) is 0 Å². The highest BCUT2D eigenvalue weighted by Crippen LogP contribution is 2.05. The third kappa shape index (κ3) is 2.91. The summed E-state index contributed by atoms with van der Waals surface area (Å²) in [6.45, 7) is 2.06. The van der Waals surface area contributed by atoms with Crippen LogP contribution in [0.15, 0.2) is 48.7 Å². The van der Waals surface area contributed by atoms with Crippen LogP contribution in [0.5, 0.6) is 0 Å². The van der Waals surface area contributed by atoms with Crippen LogP contribution in [0.3, 0.4) is 0 Å². The zero-order valence-electron chi connectivity index (χ0n) is 8.98. The summed E-state index contributed by atoms with van der Waals surface area (Å²) in [4.78, 5) is 4.39. The van der Waals surface area contributed by atoms with Gasteiger partial charge in [-0.2, -0.15) is 0 Å². The van der Waals surface area contributed by atoms with Gasteiger partial charge in [0, 0.05) is 11.9 Å². The minimum atomic E-state index is 1.02. The van der Waals surface area contributed by atoms with Crippen molar-refractivity contribution in [2.75, 3.05) is 0 Å². The van der Waals surface area contributed by atoms with Gasteiger partial charge < -0.3 is 0 Å². The fourth-order valence-electron chi connectivity index (χ4n) is 1.56. The molecule has 0 saturated carbocycles. The van der Waals surface area contributed by atoms with Crippen LogP contribution in [0, 0.1) is 6.92 Å². The molecule has 0 atom stereocenters. The van der Waals surface area contributed by atoms with Crippen molar-refractivity contribution < 1.29 is 0 Å². The third-order valence-corrected chi connectivity index (χ3v) is 2.49. The Hall–Kier alpha value is -1.63. The maximum atomic E-state index is 4.39. The van der Waals surface area contributed by atoms with Gasteiger partial charge in [-0.1, -0.05) is 36.4 Å². The largest absolute Gasteiger partial charge is 0.261 e. The van der Waals surface area contributed by atoms with E-state index in [1.54, 1.807) is 0 Å². The first kappa shape index (κ1) is 9.91. The Kier molecular flexibility index (Phi) is 3.13. The van der Waals surface area contributed by atoms with Gasteiger partial charge in [-0.15, -0.1) is 0 Å². The van der Waals surface area contributed by atoms with Crippen LogP contribution in [0.2, 0.25) is 0 Å². The minimum Gasteiger partial charge on any atom is -0.261 e. The first-order valence-electron chi connectivity index (χ1n) is 5.30. The molecule has 0 aliphatic rings. The fourth-order valence-corrected chi connectivity index (χ4v) is 1.56. The summed E-state index contributed by atoms with van der Waals surface area (Å²) in [5, 5.41) is 0. The molecule has 0 saturated heterocycles. The SMILES string of the molecule is Cc1ccc(CCc2ccccc2)nc1. The number of hydrogen-bond acceptors (Lipinski definition) is 1. The van der Waals surface area contributed by atoms with Gasteiger partial charge in [0.15, 0.2) is 0 Å². The predicted octanol–water partition coefficient (Wildman–Crippen LogP) is 3.18. The molecule has 2 rings (SSSR count). The number of aryl methyl sites for hydroxylation is 3. The quantitative estimate of drug-likeness (QED) is 0.736. The lowest BCUT2D eigenvalue weighted by Crippen LogP contribution is -1.94. The molecular formula is C14H15N. The van der Waals surface area contributed by atoms with Crippen LogP contribution in [0.4, 0.5) is 0 Å². The highest BCUT2D eigenvalue weighted by molar-refractivity contribution is 5.17. The van der Waals surface area contributed by atoms with Crippen molar-refractivity contribution in [2.45, 2.75) is 19.8 Å². The van der Waals surface area contributed by atoms with Crippen molar-refractivity contribution in [1.82, 2.24) is 4.98 Å². The number of rotatable bonds is 3. The molecule has 15 heavy (non-hydrogen) atoms. The number of hydrogen-bond donors (Lipinski definition) is 0. The monoisotopic (exact) mass is 197 g/mol. The first-order chi connectivity index (χ1) is 7.34. The van der Waals surface area contributed by atoms with Crippen molar-refractivity contribution >= 4 is 0 Å². The average Bonchev–Trinajstić information content (AvgIpc) is 2.30. The van der Waals surface area contributed by atoms with Gasteiger partial charge in [0.05, 0.1) is 0 Å². The van der Waals surface area contributed by atoms with Gasteiger partial charge in [0.2, 0.25) is 0 Å². The van der Waals surface area contributed by atoms with E-state index in [0.717, 1.165) is 12.8 Å². The Labute approximate surface area is 90.8 Å². The van der Waals surface area contributed by atoms with E-state index >= 15 is 0 Å². The lowest BCUT2D eigenvalue weighted by molar-refractivity contribution is 0.911. The normalized spacial score (nSPS) is 10.2. The number of nitrogens with zero attached hydrogens (tertiary/aromatic N) is 1. The van der Waals surface area contributed by atoms with Crippen LogP contribution in [0.1, 0.15) is 16.8 Å². The van der Waals surface area contributed by atoms with E-state index < -0.39 is 0 Å². The molecule has 2 aromatic rings. The Morgan fingerprint density at radius 3 is 2.40 bits per heavy atom. The smallest absolute Gasteiger partial charge is 0.0407 e. The lowest BCUT2D eigenvalue weighted by Gasteiger charge is -2.01. The second kappa shape index (κ2) is 4.74. The van der Waals surface area contributed by atoms with E-state index in [-0.39, 0.29) is 0 Å². The maximum absolute atomic E-state index is 4.39. The van der Waals surface area contributed by atoms with Crippen molar-refractivity contribution in [3.05, 3.63) is 65.5 Å². The second-order valence-corrected chi connectivity index (χ2v) is 3.81. The Morgan fingerprint density at radius 2 is 1.73 bits per heavy atom. The molecule has 0 aliphatic carbocycles. The van der Waals surface area contributed by atoms with E-state index in [4.69, 9.17) is 0 Å². The van der Waals surface area contributed by atoms with Gasteiger partial charge in [-0.3, -0.25) is 4.98 Å². The molecule has 0 amide bonds. The number of benzene rings is 1. The highest BCUT2D eigenvalue weighted by Gasteiger charge is 1.95. The molecule has 1 heteroatoms. The maximum Gasteiger partial charge on any atom is 0.0407 e. The summed E-state index contributed by atoms with van der Waals surface area (Å²) >= 11 is 0. The number of pyridine rings is 1. The zero-order valence-corrected chi connectivity index (χ0v) is 8.98. The Bertz CT molecular complexity index is 403. The van der Waals surface area contributed by atoms with Gasteiger partial charge in [-0.05, 0) is 37.0 Å². The van der Waals surface area contributed by atoms with Crippen molar-refractivity contribution in [2.24, 2.45) is 0 Å². The van der Waals surface area contributed by atoms with Crippen LogP contribution >= 0.6 is 0 Å². The summed E-state index contributed by atoms with van der Waals surface area (Å²) in [7, 11) is 0. The Morgan fingerprint density at radius 1 is 0.933 bits per heavy atom. The van der Waals surface area contributed by atoms with Gasteiger partial charge >= 0.3 is 0 Å². The molecule has 1 aromatic heterocycles. The van der Waals surface area contributed by atoms with Crippen molar-refractivity contribution in [1.29, 1.82) is 0 Å². The molecule has 0 aliphatic heterocycles. The lowest BCUT2D eigenvalue weighted by atomic mass is 10.1. The molecule has 0 bridgehead atoms. The van der Waals surface area contributed by atoms with E-state index in [0.29, 0.717) is 0 Å². The van der Waals surface area contributed by atoms with Gasteiger partial charge in [0.25, 0.3) is 0 Å². The average molecular weight is 197 g/mol. The molecule has 0 spiro atoms. The van der Waals surface area contributed by atoms with Crippen LogP contribution < -0.4 is 0 Å². The zero-order chi connectivity index (χ0) is 10.5. The molecule has 0 N–H and O–H groups in total.